The Morgan fingerprint density at radius 3 is 2.79 bits per heavy atom. The zero-order valence-electron chi connectivity index (χ0n) is 16.7. The highest BCUT2D eigenvalue weighted by atomic mass is 32.1. The highest BCUT2D eigenvalue weighted by Crippen LogP contribution is 2.36. The summed E-state index contributed by atoms with van der Waals surface area (Å²) in [7, 11) is 0. The number of rotatable bonds is 6. The van der Waals surface area contributed by atoms with Crippen molar-refractivity contribution >= 4 is 22.9 Å². The first kappa shape index (κ1) is 19.7. The topological polar surface area (TPSA) is 71.0 Å². The summed E-state index contributed by atoms with van der Waals surface area (Å²) in [6.07, 6.45) is 5.82. The van der Waals surface area contributed by atoms with Crippen LogP contribution in [0.4, 0.5) is 5.69 Å². The van der Waals surface area contributed by atoms with E-state index in [0.717, 1.165) is 30.1 Å². The van der Waals surface area contributed by atoms with Gasteiger partial charge in [-0.15, -0.1) is 10.2 Å². The molecule has 0 aliphatic carbocycles. The molecule has 0 bridgehead atoms. The van der Waals surface area contributed by atoms with Gasteiger partial charge in [-0.1, -0.05) is 43.4 Å². The molecular weight excluding hydrogens is 382 g/mol. The maximum Gasteiger partial charge on any atom is 0.286 e. The molecule has 7 heteroatoms. The molecule has 0 radical (unpaired) electrons. The van der Waals surface area contributed by atoms with Crippen LogP contribution in [0, 0.1) is 5.92 Å². The van der Waals surface area contributed by atoms with E-state index in [4.69, 9.17) is 0 Å². The van der Waals surface area contributed by atoms with Crippen LogP contribution < -0.4 is 5.32 Å². The highest BCUT2D eigenvalue weighted by Gasteiger charge is 2.31. The molecular formula is C22H25N5OS. The van der Waals surface area contributed by atoms with Gasteiger partial charge in [-0.05, 0) is 48.1 Å². The molecule has 0 spiro atoms. The third kappa shape index (κ3) is 4.68. The minimum absolute atomic E-state index is 0.211. The van der Waals surface area contributed by atoms with E-state index in [1.807, 2.05) is 36.5 Å². The Balaban J connectivity index is 1.42. The number of anilines is 1. The summed E-state index contributed by atoms with van der Waals surface area (Å²) in [5.74, 6) is 0.401. The van der Waals surface area contributed by atoms with E-state index in [1.165, 1.54) is 22.5 Å². The van der Waals surface area contributed by atoms with Crippen LogP contribution in [0.2, 0.25) is 0 Å². The summed E-state index contributed by atoms with van der Waals surface area (Å²) in [6.45, 7) is 6.08. The second kappa shape index (κ2) is 8.80. The van der Waals surface area contributed by atoms with Crippen molar-refractivity contribution < 1.29 is 4.79 Å². The van der Waals surface area contributed by atoms with Gasteiger partial charge >= 0.3 is 0 Å². The molecule has 0 saturated carbocycles. The average molecular weight is 408 g/mol. The Hall–Kier alpha value is -2.64. The minimum atomic E-state index is -0.211. The third-order valence-corrected chi connectivity index (χ3v) is 6.21. The molecule has 1 aliphatic rings. The maximum atomic E-state index is 12.5. The van der Waals surface area contributed by atoms with Gasteiger partial charge in [0.2, 0.25) is 5.01 Å². The van der Waals surface area contributed by atoms with Crippen LogP contribution in [0.15, 0.2) is 48.8 Å². The molecule has 3 heterocycles. The quantitative estimate of drug-likeness (QED) is 0.658. The van der Waals surface area contributed by atoms with Crippen LogP contribution in [0.3, 0.4) is 0 Å². The Bertz CT molecular complexity index is 957. The Kier molecular flexibility index (Phi) is 5.97. The van der Waals surface area contributed by atoms with Crippen LogP contribution in [-0.2, 0) is 13.0 Å². The largest absolute Gasteiger partial charge is 0.320 e. The monoisotopic (exact) mass is 407 g/mol. The summed E-state index contributed by atoms with van der Waals surface area (Å²) in [5.41, 5.74) is 3.24. The highest BCUT2D eigenvalue weighted by molar-refractivity contribution is 7.13. The zero-order valence-corrected chi connectivity index (χ0v) is 17.5. The molecule has 6 nitrogen and oxygen atoms in total. The van der Waals surface area contributed by atoms with E-state index >= 15 is 0 Å². The van der Waals surface area contributed by atoms with Crippen molar-refractivity contribution in [2.75, 3.05) is 11.9 Å². The van der Waals surface area contributed by atoms with E-state index in [1.54, 1.807) is 6.20 Å². The lowest BCUT2D eigenvalue weighted by atomic mass is 10.0. The number of aromatic nitrogens is 3. The standard InChI is InChI=1S/C22H25N5OS/c1-3-16-6-8-18(9-7-16)24-21(28)22-26-25-20(29-22)14-27-13-15(2)11-19(27)17-5-4-10-23-12-17/h4-10,12,15,19H,3,11,13-14H2,1-2H3,(H,24,28)/t15-,19+/m1/s1. The minimum Gasteiger partial charge on any atom is -0.320 e. The SMILES string of the molecule is CCc1ccc(NC(=O)c2nnc(CN3C[C@H](C)C[C@H]3c3cccnc3)s2)cc1. The summed E-state index contributed by atoms with van der Waals surface area (Å²) >= 11 is 1.36. The molecule has 1 aromatic carbocycles. The normalized spacial score (nSPS) is 19.4. The zero-order chi connectivity index (χ0) is 20.2. The van der Waals surface area contributed by atoms with Gasteiger partial charge in [0.05, 0.1) is 6.54 Å². The van der Waals surface area contributed by atoms with Crippen LogP contribution in [0.25, 0.3) is 0 Å². The molecule has 4 rings (SSSR count). The second-order valence-electron chi connectivity index (χ2n) is 7.58. The van der Waals surface area contributed by atoms with Gasteiger partial charge in [-0.25, -0.2) is 0 Å². The Morgan fingerprint density at radius 1 is 1.24 bits per heavy atom. The van der Waals surface area contributed by atoms with Crippen LogP contribution >= 0.6 is 11.3 Å². The van der Waals surface area contributed by atoms with Gasteiger partial charge in [-0.3, -0.25) is 14.7 Å². The number of likely N-dealkylation sites (tertiary alicyclic amines) is 1. The van der Waals surface area contributed by atoms with E-state index in [0.29, 0.717) is 23.5 Å². The number of carbonyl (C=O) groups is 1. The molecule has 1 saturated heterocycles. The van der Waals surface area contributed by atoms with Crippen LogP contribution in [0.1, 0.15) is 52.2 Å². The molecule has 1 N–H and O–H groups in total. The third-order valence-electron chi connectivity index (χ3n) is 5.30. The number of aryl methyl sites for hydroxylation is 1. The van der Waals surface area contributed by atoms with Gasteiger partial charge in [0.1, 0.15) is 5.01 Å². The number of pyridine rings is 1. The van der Waals surface area contributed by atoms with Crippen molar-refractivity contribution in [2.45, 2.75) is 39.3 Å². The molecule has 2 atom stereocenters. The Morgan fingerprint density at radius 2 is 2.07 bits per heavy atom. The molecule has 1 fully saturated rings. The Labute approximate surface area is 175 Å². The van der Waals surface area contributed by atoms with Gasteiger partial charge in [0.25, 0.3) is 5.91 Å². The van der Waals surface area contributed by atoms with Crippen molar-refractivity contribution in [1.82, 2.24) is 20.1 Å². The lowest BCUT2D eigenvalue weighted by Gasteiger charge is -2.23. The fourth-order valence-corrected chi connectivity index (χ4v) is 4.58. The summed E-state index contributed by atoms with van der Waals surface area (Å²) < 4.78 is 0. The molecule has 150 valence electrons. The first-order valence-corrected chi connectivity index (χ1v) is 10.8. The number of hydrogen-bond acceptors (Lipinski definition) is 6. The van der Waals surface area contributed by atoms with Crippen molar-refractivity contribution in [3.63, 3.8) is 0 Å². The fraction of sp³-hybridized carbons (Fsp3) is 0.364. The van der Waals surface area contributed by atoms with E-state index < -0.39 is 0 Å². The van der Waals surface area contributed by atoms with Crippen LogP contribution in [-0.4, -0.2) is 32.5 Å². The smallest absolute Gasteiger partial charge is 0.286 e. The molecule has 2 aromatic heterocycles. The first-order chi connectivity index (χ1) is 14.1. The van der Waals surface area contributed by atoms with Gasteiger partial charge < -0.3 is 5.32 Å². The molecule has 0 unspecified atom stereocenters. The van der Waals surface area contributed by atoms with Crippen molar-refractivity contribution in [2.24, 2.45) is 5.92 Å². The van der Waals surface area contributed by atoms with E-state index in [9.17, 15) is 4.79 Å². The van der Waals surface area contributed by atoms with Gasteiger partial charge in [0, 0.05) is 30.7 Å². The maximum absolute atomic E-state index is 12.5. The number of hydrogen-bond donors (Lipinski definition) is 1. The number of carbonyl (C=O) groups excluding carboxylic acids is 1. The van der Waals surface area contributed by atoms with E-state index in [2.05, 4.69) is 45.3 Å². The predicted octanol–water partition coefficient (Wildman–Crippen LogP) is 4.33. The fourth-order valence-electron chi connectivity index (χ4n) is 3.82. The lowest BCUT2D eigenvalue weighted by Crippen LogP contribution is -2.23. The number of nitrogens with zero attached hydrogens (tertiary/aromatic N) is 4. The summed E-state index contributed by atoms with van der Waals surface area (Å²) in [5, 5.41) is 12.6. The summed E-state index contributed by atoms with van der Waals surface area (Å²) in [4.78, 5) is 19.2. The van der Waals surface area contributed by atoms with E-state index in [-0.39, 0.29) is 5.91 Å². The molecule has 1 aliphatic heterocycles. The van der Waals surface area contributed by atoms with Crippen molar-refractivity contribution in [1.29, 1.82) is 0 Å². The number of amides is 1. The predicted molar refractivity (Wildman–Crippen MR) is 115 cm³/mol. The summed E-state index contributed by atoms with van der Waals surface area (Å²) in [6, 6.07) is 12.3. The van der Waals surface area contributed by atoms with Gasteiger partial charge in [-0.2, -0.15) is 0 Å². The second-order valence-corrected chi connectivity index (χ2v) is 8.64. The molecule has 29 heavy (non-hydrogen) atoms. The molecule has 3 aromatic rings. The van der Waals surface area contributed by atoms with Crippen molar-refractivity contribution in [3.8, 4) is 0 Å². The van der Waals surface area contributed by atoms with Crippen LogP contribution in [0.5, 0.6) is 0 Å². The number of benzene rings is 1. The van der Waals surface area contributed by atoms with Gasteiger partial charge in [0.15, 0.2) is 0 Å². The number of nitrogens with one attached hydrogen (secondary N) is 1. The van der Waals surface area contributed by atoms with Crippen molar-refractivity contribution in [3.05, 3.63) is 69.9 Å². The molecule has 1 amide bonds. The first-order valence-electron chi connectivity index (χ1n) is 9.99. The lowest BCUT2D eigenvalue weighted by molar-refractivity contribution is 0.102. The average Bonchev–Trinajstić information content (AvgIpc) is 3.36.